The van der Waals surface area contributed by atoms with Crippen LogP contribution in [0.3, 0.4) is 0 Å². The molecule has 2 aromatic carbocycles. The number of aryl methyl sites for hydroxylation is 1. The van der Waals surface area contributed by atoms with Crippen LogP contribution in [-0.2, 0) is 17.6 Å². The largest absolute Gasteiger partial charge is 0.478 e. The fourth-order valence-corrected chi connectivity index (χ4v) is 3.40. The summed E-state index contributed by atoms with van der Waals surface area (Å²) in [7, 11) is 0. The van der Waals surface area contributed by atoms with Crippen molar-refractivity contribution in [2.24, 2.45) is 0 Å². The van der Waals surface area contributed by atoms with Gasteiger partial charge in [-0.3, -0.25) is 10.1 Å². The fraction of sp³-hybridized carbons (Fsp3) is 0.250. The molecule has 2 aromatic rings. The number of benzene rings is 2. The number of hydrogen-bond acceptors (Lipinski definition) is 3. The summed E-state index contributed by atoms with van der Waals surface area (Å²) >= 11 is 0. The normalized spacial score (nSPS) is 15.4. The first-order chi connectivity index (χ1) is 12.0. The summed E-state index contributed by atoms with van der Waals surface area (Å²) in [5.41, 5.74) is 5.98. The van der Waals surface area contributed by atoms with Crippen LogP contribution in [-0.4, -0.2) is 16.0 Å². The number of fused-ring (bicyclic) bond motifs is 1. The van der Waals surface area contributed by atoms with E-state index in [-0.39, 0.29) is 5.69 Å². The van der Waals surface area contributed by atoms with Crippen molar-refractivity contribution in [2.45, 2.75) is 32.6 Å². The van der Waals surface area contributed by atoms with Crippen molar-refractivity contribution in [3.63, 3.8) is 0 Å². The Kier molecular flexibility index (Phi) is 4.65. The maximum atomic E-state index is 11.4. The number of nitro groups is 1. The SMILES string of the molecule is CCC(C(=O)O)=C1CCc2cc(-c3ccc([N+](=O)[O-])cc3)ccc2C1. The summed E-state index contributed by atoms with van der Waals surface area (Å²) in [4.78, 5) is 21.7. The lowest BCUT2D eigenvalue weighted by molar-refractivity contribution is -0.384. The Labute approximate surface area is 145 Å². The predicted molar refractivity (Wildman–Crippen MR) is 95.5 cm³/mol. The van der Waals surface area contributed by atoms with Gasteiger partial charge in [-0.1, -0.05) is 30.7 Å². The first-order valence-corrected chi connectivity index (χ1v) is 8.30. The summed E-state index contributed by atoms with van der Waals surface area (Å²) in [5, 5.41) is 20.1. The number of nitro benzene ring substituents is 1. The number of carbonyl (C=O) groups is 1. The maximum Gasteiger partial charge on any atom is 0.331 e. The lowest BCUT2D eigenvalue weighted by Gasteiger charge is -2.21. The van der Waals surface area contributed by atoms with E-state index in [0.29, 0.717) is 18.4 Å². The number of carboxylic acid groups (broad SMARTS) is 1. The molecule has 0 spiro atoms. The average Bonchev–Trinajstić information content (AvgIpc) is 2.61. The summed E-state index contributed by atoms with van der Waals surface area (Å²) in [6.07, 6.45) is 2.82. The quantitative estimate of drug-likeness (QED) is 0.504. The molecule has 3 rings (SSSR count). The Balaban J connectivity index is 1.90. The molecule has 128 valence electrons. The first-order valence-electron chi connectivity index (χ1n) is 8.30. The zero-order chi connectivity index (χ0) is 18.0. The molecule has 0 radical (unpaired) electrons. The third-order valence-electron chi connectivity index (χ3n) is 4.76. The fourth-order valence-electron chi connectivity index (χ4n) is 3.40. The molecule has 1 N–H and O–H groups in total. The molecule has 1 aliphatic rings. The van der Waals surface area contributed by atoms with Crippen molar-refractivity contribution < 1.29 is 14.8 Å². The van der Waals surface area contributed by atoms with E-state index in [4.69, 9.17) is 0 Å². The topological polar surface area (TPSA) is 80.4 Å². The highest BCUT2D eigenvalue weighted by atomic mass is 16.6. The van der Waals surface area contributed by atoms with E-state index >= 15 is 0 Å². The van der Waals surface area contributed by atoms with Crippen molar-refractivity contribution in [1.29, 1.82) is 0 Å². The molecular formula is C20H19NO4. The van der Waals surface area contributed by atoms with Gasteiger partial charge in [0.2, 0.25) is 0 Å². The van der Waals surface area contributed by atoms with Crippen LogP contribution in [0.4, 0.5) is 5.69 Å². The number of rotatable bonds is 4. The molecule has 25 heavy (non-hydrogen) atoms. The minimum absolute atomic E-state index is 0.0808. The molecule has 0 atom stereocenters. The van der Waals surface area contributed by atoms with Gasteiger partial charge in [-0.25, -0.2) is 4.79 Å². The molecule has 5 nitrogen and oxygen atoms in total. The van der Waals surface area contributed by atoms with E-state index in [2.05, 4.69) is 6.07 Å². The lowest BCUT2D eigenvalue weighted by atomic mass is 9.83. The van der Waals surface area contributed by atoms with Crippen molar-refractivity contribution in [1.82, 2.24) is 0 Å². The molecule has 0 bridgehead atoms. The van der Waals surface area contributed by atoms with Crippen LogP contribution in [0.1, 0.15) is 30.9 Å². The monoisotopic (exact) mass is 337 g/mol. The Morgan fingerprint density at radius 3 is 2.36 bits per heavy atom. The van der Waals surface area contributed by atoms with Crippen molar-refractivity contribution in [3.8, 4) is 11.1 Å². The van der Waals surface area contributed by atoms with Gasteiger partial charge in [0.25, 0.3) is 5.69 Å². The van der Waals surface area contributed by atoms with Crippen LogP contribution in [0, 0.1) is 10.1 Å². The van der Waals surface area contributed by atoms with E-state index in [9.17, 15) is 20.0 Å². The van der Waals surface area contributed by atoms with Gasteiger partial charge in [0.15, 0.2) is 0 Å². The van der Waals surface area contributed by atoms with E-state index in [1.165, 1.54) is 23.3 Å². The molecule has 0 saturated carbocycles. The van der Waals surface area contributed by atoms with Gasteiger partial charge in [0, 0.05) is 17.7 Å². The van der Waals surface area contributed by atoms with E-state index in [1.54, 1.807) is 12.1 Å². The van der Waals surface area contributed by atoms with Crippen molar-refractivity contribution in [2.75, 3.05) is 0 Å². The number of hydrogen-bond donors (Lipinski definition) is 1. The van der Waals surface area contributed by atoms with Gasteiger partial charge < -0.3 is 5.11 Å². The van der Waals surface area contributed by atoms with Crippen LogP contribution in [0.5, 0.6) is 0 Å². The lowest BCUT2D eigenvalue weighted by Crippen LogP contribution is -2.12. The van der Waals surface area contributed by atoms with Gasteiger partial charge in [-0.15, -0.1) is 0 Å². The van der Waals surface area contributed by atoms with Crippen molar-refractivity contribution in [3.05, 3.63) is 74.9 Å². The Hall–Kier alpha value is -2.95. The molecule has 0 fully saturated rings. The smallest absolute Gasteiger partial charge is 0.331 e. The molecule has 0 aliphatic heterocycles. The van der Waals surface area contributed by atoms with Crippen LogP contribution >= 0.6 is 0 Å². The number of allylic oxidation sites excluding steroid dienone is 1. The number of non-ortho nitro benzene ring substituents is 1. The van der Waals surface area contributed by atoms with Gasteiger partial charge in [0.1, 0.15) is 0 Å². The Morgan fingerprint density at radius 1 is 1.08 bits per heavy atom. The van der Waals surface area contributed by atoms with Crippen LogP contribution < -0.4 is 0 Å². The summed E-state index contributed by atoms with van der Waals surface area (Å²) < 4.78 is 0. The average molecular weight is 337 g/mol. The Morgan fingerprint density at radius 2 is 1.76 bits per heavy atom. The zero-order valence-corrected chi connectivity index (χ0v) is 14.0. The van der Waals surface area contributed by atoms with E-state index in [1.807, 2.05) is 19.1 Å². The second-order valence-corrected chi connectivity index (χ2v) is 6.21. The maximum absolute atomic E-state index is 11.4. The minimum Gasteiger partial charge on any atom is -0.478 e. The first kappa shape index (κ1) is 16.9. The zero-order valence-electron chi connectivity index (χ0n) is 14.0. The molecule has 0 heterocycles. The number of nitrogens with zero attached hydrogens (tertiary/aromatic N) is 1. The highest BCUT2D eigenvalue weighted by Gasteiger charge is 2.19. The molecule has 1 aliphatic carbocycles. The highest BCUT2D eigenvalue weighted by Crippen LogP contribution is 2.32. The summed E-state index contributed by atoms with van der Waals surface area (Å²) in [6, 6.07) is 12.7. The predicted octanol–water partition coefficient (Wildman–Crippen LogP) is 4.54. The number of carboxylic acids is 1. The molecule has 0 amide bonds. The minimum atomic E-state index is -0.816. The molecule has 0 unspecified atom stereocenters. The second-order valence-electron chi connectivity index (χ2n) is 6.21. The van der Waals surface area contributed by atoms with Crippen molar-refractivity contribution >= 4 is 11.7 Å². The number of aliphatic carboxylic acids is 1. The summed E-state index contributed by atoms with van der Waals surface area (Å²) in [5.74, 6) is -0.816. The third kappa shape index (κ3) is 3.45. The molecular weight excluding hydrogens is 318 g/mol. The summed E-state index contributed by atoms with van der Waals surface area (Å²) in [6.45, 7) is 1.88. The van der Waals surface area contributed by atoms with Crippen LogP contribution in [0.2, 0.25) is 0 Å². The standard InChI is InChI=1S/C20H19NO4/c1-2-19(20(22)23)17-6-5-15-11-14(3-4-16(15)12-17)13-7-9-18(10-8-13)21(24)25/h3-4,7-11H,2,5-6,12H2,1H3,(H,22,23). The van der Waals surface area contributed by atoms with Gasteiger partial charge in [0.05, 0.1) is 4.92 Å². The molecule has 0 aromatic heterocycles. The van der Waals surface area contributed by atoms with Gasteiger partial charge >= 0.3 is 5.97 Å². The highest BCUT2D eigenvalue weighted by molar-refractivity contribution is 5.87. The molecule has 0 saturated heterocycles. The van der Waals surface area contributed by atoms with Crippen LogP contribution in [0.25, 0.3) is 11.1 Å². The van der Waals surface area contributed by atoms with Gasteiger partial charge in [-0.2, -0.15) is 0 Å². The van der Waals surface area contributed by atoms with E-state index in [0.717, 1.165) is 29.5 Å². The van der Waals surface area contributed by atoms with Gasteiger partial charge in [-0.05, 0) is 60.1 Å². The third-order valence-corrected chi connectivity index (χ3v) is 4.76. The second kappa shape index (κ2) is 6.89. The van der Waals surface area contributed by atoms with E-state index < -0.39 is 10.9 Å². The molecule has 5 heteroatoms. The van der Waals surface area contributed by atoms with Crippen LogP contribution in [0.15, 0.2) is 53.6 Å². The Bertz CT molecular complexity index is 866.